The number of aliphatic hydroxyl groups excluding tert-OH is 1. The van der Waals surface area contributed by atoms with Gasteiger partial charge in [-0.15, -0.1) is 0 Å². The molecule has 0 saturated heterocycles. The Morgan fingerprint density at radius 3 is 2.60 bits per heavy atom. The minimum absolute atomic E-state index is 0.0410. The molecular formula is C24H32O5S. The molecule has 3 saturated carbocycles. The van der Waals surface area contributed by atoms with Gasteiger partial charge in [0.25, 0.3) is 0 Å². The van der Waals surface area contributed by atoms with Crippen molar-refractivity contribution >= 4 is 28.6 Å². The third-order valence-corrected chi connectivity index (χ3v) is 9.73. The summed E-state index contributed by atoms with van der Waals surface area (Å²) in [6.07, 6.45) is 8.14. The Morgan fingerprint density at radius 2 is 1.93 bits per heavy atom. The molecule has 0 radical (unpaired) electrons. The third-order valence-electron chi connectivity index (χ3n) is 8.62. The number of carboxylic acid groups (broad SMARTS) is 1. The van der Waals surface area contributed by atoms with Crippen LogP contribution in [0, 0.1) is 28.6 Å². The van der Waals surface area contributed by atoms with E-state index in [4.69, 9.17) is 5.11 Å². The lowest BCUT2D eigenvalue weighted by atomic mass is 9.48. The molecule has 2 N–H and O–H groups in total. The highest BCUT2D eigenvalue weighted by Crippen LogP contribution is 2.66. The van der Waals surface area contributed by atoms with E-state index in [1.807, 2.05) is 0 Å². The molecule has 2 unspecified atom stereocenters. The monoisotopic (exact) mass is 432 g/mol. The molecule has 30 heavy (non-hydrogen) atoms. The summed E-state index contributed by atoms with van der Waals surface area (Å²) in [7, 11) is 0. The molecule has 4 rings (SSSR count). The van der Waals surface area contributed by atoms with Crippen molar-refractivity contribution in [3.8, 4) is 0 Å². The van der Waals surface area contributed by atoms with Crippen LogP contribution in [0.1, 0.15) is 65.7 Å². The van der Waals surface area contributed by atoms with Crippen molar-refractivity contribution in [3.63, 3.8) is 0 Å². The van der Waals surface area contributed by atoms with Gasteiger partial charge in [0.1, 0.15) is 0 Å². The van der Waals surface area contributed by atoms with Crippen LogP contribution in [0.5, 0.6) is 0 Å². The number of aliphatic hydroxyl groups is 1. The van der Waals surface area contributed by atoms with Gasteiger partial charge in [-0.05, 0) is 73.3 Å². The Bertz CT molecular complexity index is 845. The van der Waals surface area contributed by atoms with Gasteiger partial charge in [0.2, 0.25) is 0 Å². The summed E-state index contributed by atoms with van der Waals surface area (Å²) in [4.78, 5) is 35.9. The second kappa shape index (κ2) is 7.63. The highest BCUT2D eigenvalue weighted by molar-refractivity contribution is 8.14. The molecule has 0 aromatic carbocycles. The number of carboxylic acids is 1. The summed E-state index contributed by atoms with van der Waals surface area (Å²) < 4.78 is 0. The lowest BCUT2D eigenvalue weighted by molar-refractivity contribution is -0.137. The molecule has 0 aromatic rings. The van der Waals surface area contributed by atoms with E-state index >= 15 is 0 Å². The minimum atomic E-state index is -0.892. The first kappa shape index (κ1) is 21.8. The summed E-state index contributed by atoms with van der Waals surface area (Å²) in [6, 6.07) is 0. The van der Waals surface area contributed by atoms with Crippen LogP contribution in [0.15, 0.2) is 23.3 Å². The second-order valence-corrected chi connectivity index (χ2v) is 11.6. The van der Waals surface area contributed by atoms with Crippen LogP contribution >= 0.6 is 11.8 Å². The summed E-state index contributed by atoms with van der Waals surface area (Å²) in [5, 5.41) is 20.1. The molecule has 3 fully saturated rings. The molecule has 5 nitrogen and oxygen atoms in total. The van der Waals surface area contributed by atoms with Gasteiger partial charge < -0.3 is 10.2 Å². The van der Waals surface area contributed by atoms with E-state index in [2.05, 4.69) is 19.9 Å². The maximum absolute atomic E-state index is 12.7. The fourth-order valence-corrected chi connectivity index (χ4v) is 8.29. The van der Waals surface area contributed by atoms with Crippen molar-refractivity contribution in [2.24, 2.45) is 28.6 Å². The second-order valence-electron chi connectivity index (χ2n) is 10.2. The van der Waals surface area contributed by atoms with E-state index < -0.39 is 5.97 Å². The number of carbonyl (C=O) groups excluding carboxylic acids is 2. The molecule has 0 heterocycles. The quantitative estimate of drug-likeness (QED) is 0.693. The largest absolute Gasteiger partial charge is 0.481 e. The van der Waals surface area contributed by atoms with Crippen molar-refractivity contribution < 1.29 is 24.6 Å². The smallest absolute Gasteiger partial charge is 0.303 e. The van der Waals surface area contributed by atoms with Crippen molar-refractivity contribution in [1.29, 1.82) is 0 Å². The maximum Gasteiger partial charge on any atom is 0.303 e. The van der Waals surface area contributed by atoms with Crippen LogP contribution < -0.4 is 0 Å². The van der Waals surface area contributed by atoms with Gasteiger partial charge >= 0.3 is 5.97 Å². The van der Waals surface area contributed by atoms with Crippen LogP contribution in [0.3, 0.4) is 0 Å². The van der Waals surface area contributed by atoms with Crippen LogP contribution in [0.2, 0.25) is 0 Å². The Labute approximate surface area is 182 Å². The van der Waals surface area contributed by atoms with Gasteiger partial charge in [-0.1, -0.05) is 37.3 Å². The first-order valence-corrected chi connectivity index (χ1v) is 12.0. The number of fused-ring (bicyclic) bond motifs is 5. The van der Waals surface area contributed by atoms with Crippen LogP contribution in [0.25, 0.3) is 0 Å². The molecule has 4 aliphatic carbocycles. The molecule has 0 bridgehead atoms. The minimum Gasteiger partial charge on any atom is -0.481 e. The number of thioether (sulfide) groups is 1. The van der Waals surface area contributed by atoms with E-state index in [1.54, 1.807) is 13.0 Å². The van der Waals surface area contributed by atoms with Crippen molar-refractivity contribution in [3.05, 3.63) is 23.3 Å². The number of allylic oxidation sites excluding steroid dienone is 4. The average Bonchev–Trinajstić information content (AvgIpc) is 2.96. The van der Waals surface area contributed by atoms with Gasteiger partial charge in [-0.25, -0.2) is 0 Å². The Morgan fingerprint density at radius 1 is 1.20 bits per heavy atom. The molecule has 4 aliphatic rings. The number of carbonyl (C=O) groups is 3. The lowest BCUT2D eigenvalue weighted by Gasteiger charge is -2.59. The topological polar surface area (TPSA) is 91.7 Å². The fourth-order valence-electron chi connectivity index (χ4n) is 7.06. The standard InChI is InChI=1S/C24H32O5S/c1-13(25)30-19-11-15-10-18(26)14(4-7-21(28)29)12-24(15,3)17-8-9-23(2)16(22(17)19)5-6-20(23)27/h10,12,16-17,19-20,22,27H,4-9,11H2,1-3H3,(H,28,29)/t16-,17-,19?,20?,22-,23-,24-/m0/s1. The predicted molar refractivity (Wildman–Crippen MR) is 116 cm³/mol. The summed E-state index contributed by atoms with van der Waals surface area (Å²) >= 11 is 1.41. The van der Waals surface area contributed by atoms with Gasteiger partial charge in [0.15, 0.2) is 10.9 Å². The van der Waals surface area contributed by atoms with Gasteiger partial charge in [0, 0.05) is 24.0 Å². The van der Waals surface area contributed by atoms with Gasteiger partial charge in [-0.2, -0.15) is 0 Å². The van der Waals surface area contributed by atoms with Gasteiger partial charge in [-0.3, -0.25) is 14.4 Å². The van der Waals surface area contributed by atoms with E-state index in [-0.39, 0.29) is 45.9 Å². The Balaban J connectivity index is 1.74. The van der Waals surface area contributed by atoms with Gasteiger partial charge in [0.05, 0.1) is 6.10 Å². The summed E-state index contributed by atoms with van der Waals surface area (Å²) in [5.41, 5.74) is 1.32. The highest BCUT2D eigenvalue weighted by Gasteiger charge is 2.61. The van der Waals surface area contributed by atoms with E-state index in [1.165, 1.54) is 11.8 Å². The van der Waals surface area contributed by atoms with E-state index in [9.17, 15) is 19.5 Å². The fraction of sp³-hybridized carbons (Fsp3) is 0.708. The van der Waals surface area contributed by atoms with Crippen molar-refractivity contribution in [2.75, 3.05) is 0 Å². The van der Waals surface area contributed by atoms with E-state index in [0.29, 0.717) is 29.7 Å². The molecule has 164 valence electrons. The molecule has 6 heteroatoms. The Hall–Kier alpha value is -1.40. The third kappa shape index (κ3) is 3.40. The summed E-state index contributed by atoms with van der Waals surface area (Å²) in [6.45, 7) is 6.03. The van der Waals surface area contributed by atoms with Crippen LogP contribution in [-0.4, -0.2) is 38.4 Å². The highest BCUT2D eigenvalue weighted by atomic mass is 32.2. The number of hydrogen-bond donors (Lipinski definition) is 2. The normalized spacial score (nSPS) is 42.5. The number of aliphatic carboxylic acids is 1. The van der Waals surface area contributed by atoms with Crippen molar-refractivity contribution in [1.82, 2.24) is 0 Å². The SMILES string of the molecule is CC(=O)SC1CC2=CC(=O)C(CCC(=O)O)=C[C@]2(C)[C@H]2CC[C@]3(C)C(O)CC[C@H]3[C@H]12. The molecular weight excluding hydrogens is 400 g/mol. The molecule has 0 aromatic heterocycles. The predicted octanol–water partition coefficient (Wildman–Crippen LogP) is 4.15. The van der Waals surface area contributed by atoms with E-state index in [0.717, 1.165) is 31.3 Å². The molecule has 0 aliphatic heterocycles. The number of hydrogen-bond acceptors (Lipinski definition) is 5. The zero-order chi connectivity index (χ0) is 21.8. The number of ketones is 1. The number of rotatable bonds is 4. The maximum atomic E-state index is 12.7. The zero-order valence-corrected chi connectivity index (χ0v) is 18.8. The van der Waals surface area contributed by atoms with Crippen LogP contribution in [0.4, 0.5) is 0 Å². The van der Waals surface area contributed by atoms with Crippen molar-refractivity contribution in [2.45, 2.75) is 77.1 Å². The molecule has 0 amide bonds. The Kier molecular flexibility index (Phi) is 5.55. The molecule has 0 spiro atoms. The lowest BCUT2D eigenvalue weighted by Crippen LogP contribution is -2.54. The first-order chi connectivity index (χ1) is 14.1. The average molecular weight is 433 g/mol. The first-order valence-electron chi connectivity index (χ1n) is 11.1. The zero-order valence-electron chi connectivity index (χ0n) is 18.0. The summed E-state index contributed by atoms with van der Waals surface area (Å²) in [5.74, 6) is 0.00452. The molecule has 7 atom stereocenters. The van der Waals surface area contributed by atoms with Crippen LogP contribution in [-0.2, 0) is 14.4 Å².